The molecule has 2 heterocycles. The number of aromatic hydroxyl groups is 1. The molecular formula is C21H22FN3O2. The number of hydrogen-bond acceptors (Lipinski definition) is 5. The smallest absolute Gasteiger partial charge is 0.165 e. The Labute approximate surface area is 157 Å². The highest BCUT2D eigenvalue weighted by molar-refractivity contribution is 5.91. The summed E-state index contributed by atoms with van der Waals surface area (Å²) in [6, 6.07) is 11.5. The number of benzene rings is 2. The van der Waals surface area contributed by atoms with Crippen molar-refractivity contribution in [3.63, 3.8) is 0 Å². The molecule has 27 heavy (non-hydrogen) atoms. The largest absolute Gasteiger partial charge is 0.507 e. The van der Waals surface area contributed by atoms with E-state index in [1.54, 1.807) is 24.3 Å². The highest BCUT2D eigenvalue weighted by Gasteiger charge is 2.22. The number of aromatic nitrogens is 2. The van der Waals surface area contributed by atoms with E-state index in [0.29, 0.717) is 41.2 Å². The second kappa shape index (κ2) is 7.48. The molecule has 1 N–H and O–H groups in total. The number of likely N-dealkylation sites (N-methyl/N-ethyl adjacent to an activating group) is 1. The summed E-state index contributed by atoms with van der Waals surface area (Å²) in [7, 11) is 0. The highest BCUT2D eigenvalue weighted by atomic mass is 19.1. The average Bonchev–Trinajstić information content (AvgIpc) is 3.19. The van der Waals surface area contributed by atoms with Crippen LogP contribution in [0.1, 0.15) is 19.8 Å². The fourth-order valence-electron chi connectivity index (χ4n) is 3.51. The molecule has 2 aromatic carbocycles. The van der Waals surface area contributed by atoms with Crippen LogP contribution in [0, 0.1) is 5.82 Å². The van der Waals surface area contributed by atoms with Crippen LogP contribution >= 0.6 is 0 Å². The molecule has 1 fully saturated rings. The molecule has 0 radical (unpaired) electrons. The van der Waals surface area contributed by atoms with Gasteiger partial charge in [-0.1, -0.05) is 12.1 Å². The number of rotatable bonds is 5. The number of nitrogens with zero attached hydrogens (tertiary/aromatic N) is 3. The van der Waals surface area contributed by atoms with Crippen molar-refractivity contribution in [2.75, 3.05) is 24.6 Å². The number of phenolic OH excluding ortho intramolecular Hbond substituents is 1. The van der Waals surface area contributed by atoms with E-state index in [0.717, 1.165) is 19.4 Å². The Morgan fingerprint density at radius 3 is 2.81 bits per heavy atom. The Hall–Kier alpha value is -2.73. The van der Waals surface area contributed by atoms with Crippen molar-refractivity contribution >= 4 is 16.7 Å². The molecule has 6 heteroatoms. The van der Waals surface area contributed by atoms with Crippen LogP contribution < -0.4 is 4.90 Å². The molecule has 0 spiro atoms. The Morgan fingerprint density at radius 2 is 2.07 bits per heavy atom. The summed E-state index contributed by atoms with van der Waals surface area (Å²) in [4.78, 5) is 11.4. The molecule has 1 aliphatic heterocycles. The molecule has 4 rings (SSSR count). The Kier molecular flexibility index (Phi) is 4.90. The van der Waals surface area contributed by atoms with E-state index in [2.05, 4.69) is 9.88 Å². The average molecular weight is 367 g/mol. The van der Waals surface area contributed by atoms with Gasteiger partial charge < -0.3 is 14.7 Å². The Morgan fingerprint density at radius 1 is 1.22 bits per heavy atom. The molecular weight excluding hydrogens is 345 g/mol. The minimum absolute atomic E-state index is 0.118. The number of fused-ring (bicyclic) bond motifs is 1. The van der Waals surface area contributed by atoms with Gasteiger partial charge in [-0.2, -0.15) is 0 Å². The van der Waals surface area contributed by atoms with Crippen LogP contribution in [0.25, 0.3) is 22.3 Å². The zero-order valence-corrected chi connectivity index (χ0v) is 15.2. The summed E-state index contributed by atoms with van der Waals surface area (Å²) >= 11 is 0. The number of anilines is 1. The zero-order chi connectivity index (χ0) is 18.8. The number of para-hydroxylation sites is 1. The summed E-state index contributed by atoms with van der Waals surface area (Å²) in [5.41, 5.74) is 1.20. The first-order chi connectivity index (χ1) is 13.2. The van der Waals surface area contributed by atoms with Gasteiger partial charge in [0.2, 0.25) is 0 Å². The topological polar surface area (TPSA) is 58.5 Å². The van der Waals surface area contributed by atoms with Crippen LogP contribution in [0.2, 0.25) is 0 Å². The van der Waals surface area contributed by atoms with Gasteiger partial charge in [-0.05, 0) is 50.1 Å². The van der Waals surface area contributed by atoms with Gasteiger partial charge in [-0.25, -0.2) is 14.4 Å². The standard InChI is InChI=1S/C21H22FN3O2/c1-2-25(13-15-6-5-11-27-15)21-17-12-14(22)9-10-18(17)23-20(24-21)16-7-3-4-8-19(16)26/h3-4,7-10,12,15,26H,2,5-6,11,13H2,1H3. The molecule has 0 bridgehead atoms. The van der Waals surface area contributed by atoms with Crippen LogP contribution in [0.15, 0.2) is 42.5 Å². The van der Waals surface area contributed by atoms with Crippen LogP contribution in [0.4, 0.5) is 10.2 Å². The first-order valence-electron chi connectivity index (χ1n) is 9.28. The van der Waals surface area contributed by atoms with Gasteiger partial charge in [0, 0.05) is 25.1 Å². The molecule has 0 aliphatic carbocycles. The summed E-state index contributed by atoms with van der Waals surface area (Å²) in [6.45, 7) is 4.23. The minimum atomic E-state index is -0.323. The Bertz CT molecular complexity index is 957. The van der Waals surface area contributed by atoms with Crippen LogP contribution in [-0.4, -0.2) is 40.9 Å². The quantitative estimate of drug-likeness (QED) is 0.734. The molecule has 1 aromatic heterocycles. The van der Waals surface area contributed by atoms with Crippen LogP contribution in [0.3, 0.4) is 0 Å². The van der Waals surface area contributed by atoms with Crippen molar-refractivity contribution in [3.8, 4) is 17.1 Å². The molecule has 1 saturated heterocycles. The third kappa shape index (κ3) is 3.57. The van der Waals surface area contributed by atoms with Crippen molar-refractivity contribution in [2.24, 2.45) is 0 Å². The first-order valence-corrected chi connectivity index (χ1v) is 9.28. The van der Waals surface area contributed by atoms with Crippen molar-refractivity contribution in [2.45, 2.75) is 25.9 Å². The van der Waals surface area contributed by atoms with E-state index >= 15 is 0 Å². The summed E-state index contributed by atoms with van der Waals surface area (Å²) in [5, 5.41) is 10.9. The SMILES string of the molecule is CCN(CC1CCCO1)c1nc(-c2ccccc2O)nc2ccc(F)cc12. The van der Waals surface area contributed by atoms with Crippen LogP contribution in [-0.2, 0) is 4.74 Å². The number of hydrogen-bond donors (Lipinski definition) is 1. The summed E-state index contributed by atoms with van der Waals surface area (Å²) in [5.74, 6) is 0.881. The predicted molar refractivity (Wildman–Crippen MR) is 103 cm³/mol. The fraction of sp³-hybridized carbons (Fsp3) is 0.333. The molecule has 3 aromatic rings. The van der Waals surface area contributed by atoms with Crippen molar-refractivity contribution in [1.82, 2.24) is 9.97 Å². The van der Waals surface area contributed by atoms with E-state index in [1.807, 2.05) is 13.0 Å². The van der Waals surface area contributed by atoms with E-state index in [1.165, 1.54) is 12.1 Å². The molecule has 1 aliphatic rings. The monoisotopic (exact) mass is 367 g/mol. The van der Waals surface area contributed by atoms with Crippen molar-refractivity contribution < 1.29 is 14.2 Å². The third-order valence-electron chi connectivity index (χ3n) is 4.91. The molecule has 0 saturated carbocycles. The van der Waals surface area contributed by atoms with Crippen LogP contribution in [0.5, 0.6) is 5.75 Å². The van der Waals surface area contributed by atoms with Gasteiger partial charge in [-0.3, -0.25) is 0 Å². The van der Waals surface area contributed by atoms with Gasteiger partial charge in [0.1, 0.15) is 17.4 Å². The van der Waals surface area contributed by atoms with Gasteiger partial charge in [0.05, 0.1) is 17.2 Å². The molecule has 1 unspecified atom stereocenters. The van der Waals surface area contributed by atoms with Crippen molar-refractivity contribution in [3.05, 3.63) is 48.3 Å². The van der Waals surface area contributed by atoms with E-state index in [9.17, 15) is 9.50 Å². The highest BCUT2D eigenvalue weighted by Crippen LogP contribution is 2.32. The zero-order valence-electron chi connectivity index (χ0n) is 15.2. The molecule has 5 nitrogen and oxygen atoms in total. The summed E-state index contributed by atoms with van der Waals surface area (Å²) < 4.78 is 19.7. The van der Waals surface area contributed by atoms with Gasteiger partial charge in [0.25, 0.3) is 0 Å². The van der Waals surface area contributed by atoms with Gasteiger partial charge in [0.15, 0.2) is 5.82 Å². The number of halogens is 1. The molecule has 0 amide bonds. The normalized spacial score (nSPS) is 16.7. The van der Waals surface area contributed by atoms with Gasteiger partial charge in [-0.15, -0.1) is 0 Å². The lowest BCUT2D eigenvalue weighted by atomic mass is 10.1. The first kappa shape index (κ1) is 17.7. The lowest BCUT2D eigenvalue weighted by molar-refractivity contribution is 0.115. The second-order valence-corrected chi connectivity index (χ2v) is 6.72. The Balaban J connectivity index is 1.85. The maximum atomic E-state index is 13.9. The second-order valence-electron chi connectivity index (χ2n) is 6.72. The fourth-order valence-corrected chi connectivity index (χ4v) is 3.51. The lowest BCUT2D eigenvalue weighted by Crippen LogP contribution is -2.33. The van der Waals surface area contributed by atoms with Crippen molar-refractivity contribution in [1.29, 1.82) is 0 Å². The van der Waals surface area contributed by atoms with E-state index in [4.69, 9.17) is 9.72 Å². The lowest BCUT2D eigenvalue weighted by Gasteiger charge is -2.26. The maximum Gasteiger partial charge on any atom is 0.165 e. The minimum Gasteiger partial charge on any atom is -0.507 e. The van der Waals surface area contributed by atoms with E-state index in [-0.39, 0.29) is 17.7 Å². The maximum absolute atomic E-state index is 13.9. The van der Waals surface area contributed by atoms with Gasteiger partial charge >= 0.3 is 0 Å². The molecule has 140 valence electrons. The third-order valence-corrected chi connectivity index (χ3v) is 4.91. The number of ether oxygens (including phenoxy) is 1. The van der Waals surface area contributed by atoms with E-state index < -0.39 is 0 Å². The number of phenols is 1. The summed E-state index contributed by atoms with van der Waals surface area (Å²) in [6.07, 6.45) is 2.22. The predicted octanol–water partition coefficient (Wildman–Crippen LogP) is 4.15. The molecule has 1 atom stereocenters.